The zero-order valence-electron chi connectivity index (χ0n) is 20.0. The number of aliphatic hydroxyl groups is 1. The van der Waals surface area contributed by atoms with E-state index in [1.54, 1.807) is 31.2 Å². The molecule has 4 rings (SSSR count). The zero-order valence-corrected chi connectivity index (χ0v) is 20.0. The van der Waals surface area contributed by atoms with E-state index in [4.69, 9.17) is 4.74 Å². The molecule has 2 aromatic carbocycles. The van der Waals surface area contributed by atoms with Crippen molar-refractivity contribution in [2.24, 2.45) is 0 Å². The lowest BCUT2D eigenvalue weighted by Crippen LogP contribution is -2.32. The Morgan fingerprint density at radius 2 is 1.86 bits per heavy atom. The molecular weight excluding hydrogens is 484 g/mol. The summed E-state index contributed by atoms with van der Waals surface area (Å²) in [6.45, 7) is 1.32. The lowest BCUT2D eigenvalue weighted by molar-refractivity contribution is 0.0948. The van der Waals surface area contributed by atoms with E-state index < -0.39 is 28.5 Å². The number of nitrogens with one attached hydrogen (secondary N) is 1. The van der Waals surface area contributed by atoms with Gasteiger partial charge in [-0.25, -0.2) is 8.78 Å². The second-order valence-electron chi connectivity index (χ2n) is 8.52. The molecule has 4 aromatic rings. The second-order valence-corrected chi connectivity index (χ2v) is 8.52. The van der Waals surface area contributed by atoms with Crippen molar-refractivity contribution in [2.45, 2.75) is 32.5 Å². The normalized spacial score (nSPS) is 11.9. The van der Waals surface area contributed by atoms with Crippen molar-refractivity contribution < 1.29 is 23.4 Å². The van der Waals surface area contributed by atoms with E-state index in [-0.39, 0.29) is 48.2 Å². The van der Waals surface area contributed by atoms with Gasteiger partial charge in [0, 0.05) is 49.4 Å². The summed E-state index contributed by atoms with van der Waals surface area (Å²) < 4.78 is 35.7. The highest BCUT2D eigenvalue weighted by molar-refractivity contribution is 5.95. The van der Waals surface area contributed by atoms with E-state index in [9.17, 15) is 28.3 Å². The van der Waals surface area contributed by atoms with Gasteiger partial charge in [-0.15, -0.1) is 0 Å². The van der Waals surface area contributed by atoms with Crippen LogP contribution in [0.25, 0.3) is 5.52 Å². The van der Waals surface area contributed by atoms with Crippen LogP contribution < -0.4 is 21.0 Å². The van der Waals surface area contributed by atoms with E-state index in [1.807, 2.05) is 6.07 Å². The molecule has 1 atom stereocenters. The van der Waals surface area contributed by atoms with Crippen molar-refractivity contribution in [1.29, 1.82) is 0 Å². The molecule has 0 bridgehead atoms. The van der Waals surface area contributed by atoms with Crippen LogP contribution in [0.15, 0.2) is 76.7 Å². The molecule has 37 heavy (non-hydrogen) atoms. The average Bonchev–Trinajstić information content (AvgIpc) is 2.88. The lowest BCUT2D eigenvalue weighted by Gasteiger charge is -2.17. The van der Waals surface area contributed by atoms with Gasteiger partial charge in [0.1, 0.15) is 23.8 Å². The van der Waals surface area contributed by atoms with Gasteiger partial charge in [0.2, 0.25) is 5.43 Å². The first-order valence-corrected chi connectivity index (χ1v) is 11.6. The van der Waals surface area contributed by atoms with Gasteiger partial charge >= 0.3 is 0 Å². The maximum Gasteiger partial charge on any atom is 0.279 e. The van der Waals surface area contributed by atoms with E-state index in [0.29, 0.717) is 12.5 Å². The number of carbonyl (C=O) groups excluding carboxylic acids is 1. The Kier molecular flexibility index (Phi) is 7.78. The predicted octanol–water partition coefficient (Wildman–Crippen LogP) is 3.19. The molecule has 0 aliphatic carbocycles. The average molecular weight is 510 g/mol. The largest absolute Gasteiger partial charge is 0.483 e. The first-order chi connectivity index (χ1) is 17.8. The molecule has 8 nitrogen and oxygen atoms in total. The van der Waals surface area contributed by atoms with Crippen molar-refractivity contribution in [3.05, 3.63) is 116 Å². The molecule has 2 N–H and O–H groups in total. The number of nitrogens with zero attached hydrogens (tertiary/aromatic N) is 2. The minimum atomic E-state index is -0.833. The number of carbonyl (C=O) groups is 1. The molecular formula is C27H25F2N3O5. The van der Waals surface area contributed by atoms with Gasteiger partial charge in [0.25, 0.3) is 11.5 Å². The summed E-state index contributed by atoms with van der Waals surface area (Å²) >= 11 is 0. The van der Waals surface area contributed by atoms with Crippen LogP contribution in [0, 0.1) is 11.6 Å². The minimum Gasteiger partial charge on any atom is -0.483 e. The SMILES string of the molecule is C[C@H](CCO)n1ccn2cc(C(=O)NCc3ccc(F)cc3F)c(=O)c(OCc3ccccc3)c2c1=O. The van der Waals surface area contributed by atoms with E-state index in [1.165, 1.54) is 33.6 Å². The van der Waals surface area contributed by atoms with Crippen LogP contribution in [-0.2, 0) is 13.2 Å². The fourth-order valence-corrected chi connectivity index (χ4v) is 3.90. The van der Waals surface area contributed by atoms with Crippen LogP contribution >= 0.6 is 0 Å². The summed E-state index contributed by atoms with van der Waals surface area (Å²) in [6, 6.07) is 11.6. The maximum atomic E-state index is 14.0. The molecule has 0 fully saturated rings. The van der Waals surface area contributed by atoms with Gasteiger partial charge in [-0.05, 0) is 25.0 Å². The second kappa shape index (κ2) is 11.2. The molecule has 10 heteroatoms. The fourth-order valence-electron chi connectivity index (χ4n) is 3.90. The Morgan fingerprint density at radius 3 is 2.57 bits per heavy atom. The van der Waals surface area contributed by atoms with E-state index in [2.05, 4.69) is 5.32 Å². The highest BCUT2D eigenvalue weighted by atomic mass is 19.1. The van der Waals surface area contributed by atoms with Crippen LogP contribution in [0.2, 0.25) is 0 Å². The van der Waals surface area contributed by atoms with Crippen LogP contribution in [0.5, 0.6) is 5.75 Å². The van der Waals surface area contributed by atoms with Gasteiger partial charge in [-0.3, -0.25) is 14.4 Å². The van der Waals surface area contributed by atoms with Gasteiger partial charge < -0.3 is 24.1 Å². The molecule has 0 aliphatic rings. The Morgan fingerprint density at radius 1 is 1.11 bits per heavy atom. The molecule has 2 aromatic heterocycles. The number of fused-ring (bicyclic) bond motifs is 1. The van der Waals surface area contributed by atoms with Gasteiger partial charge in [-0.2, -0.15) is 0 Å². The van der Waals surface area contributed by atoms with E-state index in [0.717, 1.165) is 11.6 Å². The van der Waals surface area contributed by atoms with Crippen molar-refractivity contribution in [3.63, 3.8) is 0 Å². The molecule has 0 spiro atoms. The summed E-state index contributed by atoms with van der Waals surface area (Å²) in [5, 5.41) is 11.8. The Bertz CT molecular complexity index is 1550. The highest BCUT2D eigenvalue weighted by Gasteiger charge is 2.22. The van der Waals surface area contributed by atoms with Crippen molar-refractivity contribution in [2.75, 3.05) is 6.61 Å². The number of hydrogen-bond acceptors (Lipinski definition) is 5. The third-order valence-electron chi connectivity index (χ3n) is 5.96. The lowest BCUT2D eigenvalue weighted by atomic mass is 10.1. The predicted molar refractivity (Wildman–Crippen MR) is 133 cm³/mol. The van der Waals surface area contributed by atoms with Gasteiger partial charge in [0.05, 0.1) is 0 Å². The highest BCUT2D eigenvalue weighted by Crippen LogP contribution is 2.17. The summed E-state index contributed by atoms with van der Waals surface area (Å²) in [6.07, 6.45) is 4.54. The number of rotatable bonds is 9. The Balaban J connectivity index is 1.76. The summed E-state index contributed by atoms with van der Waals surface area (Å²) in [5.74, 6) is -2.70. The number of halogens is 2. The van der Waals surface area contributed by atoms with Crippen molar-refractivity contribution in [3.8, 4) is 5.75 Å². The summed E-state index contributed by atoms with van der Waals surface area (Å²) in [5.41, 5.74) is -0.928. The number of hydrogen-bond donors (Lipinski definition) is 2. The first-order valence-electron chi connectivity index (χ1n) is 11.6. The number of pyridine rings is 1. The smallest absolute Gasteiger partial charge is 0.279 e. The molecule has 2 heterocycles. The first kappa shape index (κ1) is 25.8. The maximum absolute atomic E-state index is 14.0. The van der Waals surface area contributed by atoms with Crippen molar-refractivity contribution >= 4 is 11.4 Å². The summed E-state index contributed by atoms with van der Waals surface area (Å²) in [4.78, 5) is 39.7. The number of benzene rings is 2. The molecule has 0 radical (unpaired) electrons. The molecule has 0 saturated heterocycles. The summed E-state index contributed by atoms with van der Waals surface area (Å²) in [7, 11) is 0. The minimum absolute atomic E-state index is 0.0296. The quantitative estimate of drug-likeness (QED) is 0.361. The molecule has 0 saturated carbocycles. The Labute approximate surface area is 210 Å². The third-order valence-corrected chi connectivity index (χ3v) is 5.96. The molecule has 0 aliphatic heterocycles. The number of ether oxygens (including phenoxy) is 1. The molecule has 0 unspecified atom stereocenters. The van der Waals surface area contributed by atoms with E-state index >= 15 is 0 Å². The van der Waals surface area contributed by atoms with Gasteiger partial charge in [-0.1, -0.05) is 36.4 Å². The van der Waals surface area contributed by atoms with Crippen molar-refractivity contribution in [1.82, 2.24) is 14.3 Å². The monoisotopic (exact) mass is 509 g/mol. The number of aromatic nitrogens is 2. The van der Waals surface area contributed by atoms with Crippen LogP contribution in [-0.4, -0.2) is 26.6 Å². The molecule has 192 valence electrons. The molecule has 1 amide bonds. The van der Waals surface area contributed by atoms with Gasteiger partial charge in [0.15, 0.2) is 11.3 Å². The Hall–Kier alpha value is -4.31. The fraction of sp³-hybridized carbons (Fsp3) is 0.222. The third kappa shape index (κ3) is 5.59. The number of aliphatic hydroxyl groups excluding tert-OH is 1. The number of amides is 1. The van der Waals surface area contributed by atoms with Crippen LogP contribution in [0.3, 0.4) is 0 Å². The zero-order chi connectivity index (χ0) is 26.5. The topological polar surface area (TPSA) is 102 Å². The van der Waals surface area contributed by atoms with Crippen LogP contribution in [0.4, 0.5) is 8.78 Å². The standard InChI is InChI=1S/C27H25F2N3O5/c1-17(9-12-33)32-11-10-31-15-21(26(35)30-14-19-7-8-20(28)13-22(19)29)24(34)25(23(31)27(32)36)37-16-18-5-3-2-4-6-18/h2-8,10-11,13,15,17,33H,9,12,14,16H2,1H3,(H,30,35)/t17-/m1/s1. The van der Waals surface area contributed by atoms with Crippen LogP contribution in [0.1, 0.15) is 40.9 Å².